The van der Waals surface area contributed by atoms with Crippen molar-refractivity contribution in [2.75, 3.05) is 6.61 Å². The number of alkyl halides is 3. The highest BCUT2D eigenvalue weighted by Crippen LogP contribution is 2.25. The molecule has 7 heteroatoms. The molecule has 1 aromatic rings. The van der Waals surface area contributed by atoms with Gasteiger partial charge in [0.15, 0.2) is 6.17 Å². The van der Waals surface area contributed by atoms with E-state index < -0.39 is 30.0 Å². The number of aliphatic hydroxyl groups is 1. The second kappa shape index (κ2) is 5.13. The Bertz CT molecular complexity index is 412. The Morgan fingerprint density at radius 3 is 2.65 bits per heavy atom. The van der Waals surface area contributed by atoms with Crippen LogP contribution in [0.15, 0.2) is 24.3 Å². The summed E-state index contributed by atoms with van der Waals surface area (Å²) in [6, 6.07) is 4.81. The zero-order valence-corrected chi connectivity index (χ0v) is 8.65. The molecule has 1 rings (SSSR count). The Morgan fingerprint density at radius 2 is 2.12 bits per heavy atom. The van der Waals surface area contributed by atoms with Crippen LogP contribution < -0.4 is 0 Å². The summed E-state index contributed by atoms with van der Waals surface area (Å²) in [6.07, 6.45) is -3.26. The van der Waals surface area contributed by atoms with Gasteiger partial charge in [0, 0.05) is 18.6 Å². The Balaban J connectivity index is 2.82. The largest absolute Gasteiger partial charge is 0.390 e. The second-order valence-electron chi connectivity index (χ2n) is 3.52. The van der Waals surface area contributed by atoms with Crippen LogP contribution in [0.3, 0.4) is 0 Å². The summed E-state index contributed by atoms with van der Waals surface area (Å²) in [5, 5.41) is 18.7. The number of aliphatic hydroxyl groups excluding tert-OH is 1. The average molecular weight is 249 g/mol. The maximum absolute atomic E-state index is 13.1. The van der Waals surface area contributed by atoms with E-state index in [4.69, 9.17) is 5.11 Å². The van der Waals surface area contributed by atoms with E-state index in [1.165, 1.54) is 18.2 Å². The molecule has 0 fully saturated rings. The summed E-state index contributed by atoms with van der Waals surface area (Å²) in [5.74, 6) is -3.84. The third-order valence-electron chi connectivity index (χ3n) is 2.21. The van der Waals surface area contributed by atoms with E-state index in [1.807, 2.05) is 0 Å². The van der Waals surface area contributed by atoms with Gasteiger partial charge < -0.3 is 5.11 Å². The third kappa shape index (κ3) is 3.42. The highest BCUT2D eigenvalue weighted by Gasteiger charge is 2.39. The van der Waals surface area contributed by atoms with E-state index >= 15 is 0 Å². The summed E-state index contributed by atoms with van der Waals surface area (Å²) in [6.45, 7) is -1.59. The summed E-state index contributed by atoms with van der Waals surface area (Å²) < 4.78 is 38.6. The van der Waals surface area contributed by atoms with Gasteiger partial charge in [0.05, 0.1) is 4.92 Å². The molecule has 1 unspecified atom stereocenters. The molecule has 0 saturated carbocycles. The lowest BCUT2D eigenvalue weighted by atomic mass is 10.0. The fourth-order valence-electron chi connectivity index (χ4n) is 1.25. The van der Waals surface area contributed by atoms with Crippen LogP contribution in [0.1, 0.15) is 5.56 Å². The highest BCUT2D eigenvalue weighted by molar-refractivity contribution is 5.34. The number of nitro groups is 1. The quantitative estimate of drug-likeness (QED) is 0.642. The normalized spacial score (nSPS) is 13.4. The van der Waals surface area contributed by atoms with Crippen molar-refractivity contribution >= 4 is 5.69 Å². The fourth-order valence-corrected chi connectivity index (χ4v) is 1.25. The number of nitro benzene ring substituents is 1. The first kappa shape index (κ1) is 13.4. The molecule has 0 aromatic heterocycles. The summed E-state index contributed by atoms with van der Waals surface area (Å²) in [7, 11) is 0. The van der Waals surface area contributed by atoms with Gasteiger partial charge in [-0.25, -0.2) is 13.2 Å². The Labute approximate surface area is 94.8 Å². The van der Waals surface area contributed by atoms with Gasteiger partial charge in [-0.15, -0.1) is 0 Å². The first-order valence-electron chi connectivity index (χ1n) is 4.73. The second-order valence-corrected chi connectivity index (χ2v) is 3.52. The number of rotatable bonds is 5. The molecule has 0 saturated heterocycles. The highest BCUT2D eigenvalue weighted by atomic mass is 19.3. The Morgan fingerprint density at radius 1 is 1.47 bits per heavy atom. The first-order chi connectivity index (χ1) is 7.86. The van der Waals surface area contributed by atoms with Crippen LogP contribution in [0.4, 0.5) is 18.9 Å². The maximum atomic E-state index is 13.1. The minimum Gasteiger partial charge on any atom is -0.390 e. The number of benzene rings is 1. The summed E-state index contributed by atoms with van der Waals surface area (Å²) in [4.78, 5) is 9.72. The molecule has 1 N–H and O–H groups in total. The van der Waals surface area contributed by atoms with Gasteiger partial charge in [-0.2, -0.15) is 0 Å². The lowest BCUT2D eigenvalue weighted by Gasteiger charge is -2.17. The molecule has 0 spiro atoms. The van der Waals surface area contributed by atoms with Crippen LogP contribution in [0.2, 0.25) is 0 Å². The van der Waals surface area contributed by atoms with Crippen LogP contribution in [0.5, 0.6) is 0 Å². The molecule has 94 valence electrons. The predicted octanol–water partition coefficient (Wildman–Crippen LogP) is 2.10. The van der Waals surface area contributed by atoms with Crippen molar-refractivity contribution in [1.82, 2.24) is 0 Å². The fraction of sp³-hybridized carbons (Fsp3) is 0.400. The predicted molar refractivity (Wildman–Crippen MR) is 53.7 cm³/mol. The van der Waals surface area contributed by atoms with Crippen LogP contribution >= 0.6 is 0 Å². The minimum absolute atomic E-state index is 0.0832. The van der Waals surface area contributed by atoms with E-state index in [2.05, 4.69) is 0 Å². The van der Waals surface area contributed by atoms with Crippen molar-refractivity contribution in [1.29, 1.82) is 0 Å². The van der Waals surface area contributed by atoms with E-state index in [0.717, 1.165) is 6.07 Å². The first-order valence-corrected chi connectivity index (χ1v) is 4.73. The maximum Gasteiger partial charge on any atom is 0.301 e. The van der Waals surface area contributed by atoms with Gasteiger partial charge in [0.2, 0.25) is 0 Å². The standard InChI is InChI=1S/C10H10F3NO3/c11-9(10(12,13)6-15)5-7-2-1-3-8(4-7)14(16)17/h1-4,9,15H,5-6H2. The lowest BCUT2D eigenvalue weighted by Crippen LogP contribution is -2.35. The molecule has 0 heterocycles. The lowest BCUT2D eigenvalue weighted by molar-refractivity contribution is -0.384. The molecular formula is C10H10F3NO3. The van der Waals surface area contributed by atoms with Crippen LogP contribution in [-0.4, -0.2) is 28.7 Å². The molecule has 0 aliphatic rings. The van der Waals surface area contributed by atoms with Crippen LogP contribution in [-0.2, 0) is 6.42 Å². The van der Waals surface area contributed by atoms with E-state index in [9.17, 15) is 23.3 Å². The molecule has 1 atom stereocenters. The SMILES string of the molecule is O=[N+]([O-])c1cccc(CC(F)C(F)(F)CO)c1. The topological polar surface area (TPSA) is 63.4 Å². The van der Waals surface area contributed by atoms with E-state index in [-0.39, 0.29) is 11.3 Å². The summed E-state index contributed by atoms with van der Waals surface area (Å²) >= 11 is 0. The minimum atomic E-state index is -3.84. The van der Waals surface area contributed by atoms with Crippen molar-refractivity contribution in [2.24, 2.45) is 0 Å². The molecule has 0 amide bonds. The van der Waals surface area contributed by atoms with Crippen molar-refractivity contribution in [2.45, 2.75) is 18.5 Å². The average Bonchev–Trinajstić information content (AvgIpc) is 2.29. The monoisotopic (exact) mass is 249 g/mol. The number of nitrogens with zero attached hydrogens (tertiary/aromatic N) is 1. The molecule has 0 bridgehead atoms. The number of hydrogen-bond acceptors (Lipinski definition) is 3. The number of non-ortho nitro benzene ring substituents is 1. The Kier molecular flexibility index (Phi) is 4.06. The zero-order valence-electron chi connectivity index (χ0n) is 8.65. The summed E-state index contributed by atoms with van der Waals surface area (Å²) in [5.41, 5.74) is -0.207. The van der Waals surface area contributed by atoms with Gasteiger partial charge in [0.25, 0.3) is 5.69 Å². The third-order valence-corrected chi connectivity index (χ3v) is 2.21. The molecule has 0 radical (unpaired) electrons. The van der Waals surface area contributed by atoms with Gasteiger partial charge in [-0.3, -0.25) is 10.1 Å². The van der Waals surface area contributed by atoms with Gasteiger partial charge >= 0.3 is 5.92 Å². The molecule has 0 aliphatic heterocycles. The smallest absolute Gasteiger partial charge is 0.301 e. The molecule has 17 heavy (non-hydrogen) atoms. The van der Waals surface area contributed by atoms with Gasteiger partial charge in [-0.1, -0.05) is 12.1 Å². The molecule has 0 aliphatic carbocycles. The van der Waals surface area contributed by atoms with Gasteiger partial charge in [0.1, 0.15) is 6.61 Å². The zero-order chi connectivity index (χ0) is 13.1. The van der Waals surface area contributed by atoms with Gasteiger partial charge in [-0.05, 0) is 5.56 Å². The van der Waals surface area contributed by atoms with E-state index in [1.54, 1.807) is 0 Å². The molecule has 1 aromatic carbocycles. The van der Waals surface area contributed by atoms with Crippen LogP contribution in [0, 0.1) is 10.1 Å². The van der Waals surface area contributed by atoms with Crippen molar-refractivity contribution in [3.8, 4) is 0 Å². The van der Waals surface area contributed by atoms with Crippen molar-refractivity contribution in [3.63, 3.8) is 0 Å². The van der Waals surface area contributed by atoms with Crippen molar-refractivity contribution in [3.05, 3.63) is 39.9 Å². The molecular weight excluding hydrogens is 239 g/mol. The van der Waals surface area contributed by atoms with Crippen LogP contribution in [0.25, 0.3) is 0 Å². The Hall–Kier alpha value is -1.63. The number of hydrogen-bond donors (Lipinski definition) is 1. The van der Waals surface area contributed by atoms with Crippen molar-refractivity contribution < 1.29 is 23.2 Å². The van der Waals surface area contributed by atoms with E-state index in [0.29, 0.717) is 0 Å². The number of halogens is 3. The molecule has 4 nitrogen and oxygen atoms in total.